The van der Waals surface area contributed by atoms with Crippen molar-refractivity contribution in [2.75, 3.05) is 19.7 Å². The van der Waals surface area contributed by atoms with E-state index < -0.39 is 0 Å². The maximum absolute atomic E-state index is 13.0. The summed E-state index contributed by atoms with van der Waals surface area (Å²) in [5.41, 5.74) is 1.38. The van der Waals surface area contributed by atoms with E-state index in [2.05, 4.69) is 17.0 Å². The molecule has 7 nitrogen and oxygen atoms in total. The first-order chi connectivity index (χ1) is 11.5. The Bertz CT molecular complexity index is 808. The fourth-order valence-electron chi connectivity index (χ4n) is 3.27. The summed E-state index contributed by atoms with van der Waals surface area (Å²) in [5.74, 6) is -0.119. The second-order valence-electron chi connectivity index (χ2n) is 6.40. The monoisotopic (exact) mass is 332 g/mol. The van der Waals surface area contributed by atoms with E-state index in [1.807, 2.05) is 6.92 Å². The number of aryl methyl sites for hydroxylation is 2. The maximum Gasteiger partial charge on any atom is 0.274 e. The number of hydrogen-bond donors (Lipinski definition) is 1. The molecule has 24 heavy (non-hydrogen) atoms. The lowest BCUT2D eigenvalue weighted by molar-refractivity contribution is 0.00217. The van der Waals surface area contributed by atoms with Crippen LogP contribution in [-0.2, 0) is 11.8 Å². The Balaban J connectivity index is 1.92. The van der Waals surface area contributed by atoms with Crippen LogP contribution in [0.3, 0.4) is 0 Å². The average molecular weight is 332 g/mol. The molecule has 1 aliphatic rings. The minimum atomic E-state index is -0.279. The molecular formula is C17H24N4O3. The van der Waals surface area contributed by atoms with Gasteiger partial charge in [0, 0.05) is 32.4 Å². The van der Waals surface area contributed by atoms with Gasteiger partial charge in [-0.05, 0) is 32.3 Å². The molecule has 1 unspecified atom stereocenters. The molecule has 2 aromatic rings. The fraction of sp³-hybridized carbons (Fsp3) is 0.588. The van der Waals surface area contributed by atoms with E-state index in [4.69, 9.17) is 4.74 Å². The molecule has 0 aromatic carbocycles. The quantitative estimate of drug-likeness (QED) is 0.922. The van der Waals surface area contributed by atoms with Gasteiger partial charge in [-0.25, -0.2) is 4.98 Å². The van der Waals surface area contributed by atoms with Crippen molar-refractivity contribution in [2.45, 2.75) is 39.2 Å². The highest BCUT2D eigenvalue weighted by atomic mass is 16.5. The summed E-state index contributed by atoms with van der Waals surface area (Å²) in [6, 6.07) is 1.70. The number of piperidine rings is 1. The number of nitrogens with zero attached hydrogens (tertiary/aromatic N) is 3. The highest BCUT2D eigenvalue weighted by Crippen LogP contribution is 2.20. The number of hydrogen-bond acceptors (Lipinski definition) is 4. The SMILES string of the molecule is CCCOC1CCCN(C(=O)c2cc(C)nc3c2c(=O)[nH]n3C)C1. The first-order valence-corrected chi connectivity index (χ1v) is 8.48. The Morgan fingerprint density at radius 1 is 1.50 bits per heavy atom. The summed E-state index contributed by atoms with van der Waals surface area (Å²) in [5, 5.41) is 3.05. The minimum absolute atomic E-state index is 0.0788. The molecule has 7 heteroatoms. The molecule has 2 aromatic heterocycles. The first kappa shape index (κ1) is 16.7. The zero-order valence-electron chi connectivity index (χ0n) is 14.5. The van der Waals surface area contributed by atoms with E-state index in [0.29, 0.717) is 36.3 Å². The molecule has 1 atom stereocenters. The molecule has 0 aliphatic carbocycles. The van der Waals surface area contributed by atoms with Gasteiger partial charge < -0.3 is 9.64 Å². The predicted molar refractivity (Wildman–Crippen MR) is 91.2 cm³/mol. The van der Waals surface area contributed by atoms with E-state index in [9.17, 15) is 9.59 Å². The Labute approximate surface area is 140 Å². The number of nitrogens with one attached hydrogen (secondary N) is 1. The van der Waals surface area contributed by atoms with Crippen molar-refractivity contribution in [1.82, 2.24) is 19.7 Å². The second kappa shape index (κ2) is 6.76. The van der Waals surface area contributed by atoms with Gasteiger partial charge in [-0.15, -0.1) is 0 Å². The van der Waals surface area contributed by atoms with Crippen molar-refractivity contribution in [3.05, 3.63) is 27.7 Å². The standard InChI is InChI=1S/C17H24N4O3/c1-4-8-24-12-6-5-7-21(10-12)17(23)13-9-11(2)18-15-14(13)16(22)19-20(15)3/h9,12H,4-8,10H2,1-3H3,(H,19,22). The largest absolute Gasteiger partial charge is 0.376 e. The van der Waals surface area contributed by atoms with E-state index in [0.717, 1.165) is 25.0 Å². The van der Waals surface area contributed by atoms with Crippen LogP contribution in [0.1, 0.15) is 42.2 Å². The molecule has 130 valence electrons. The molecule has 0 bridgehead atoms. The maximum atomic E-state index is 13.0. The van der Waals surface area contributed by atoms with Gasteiger partial charge in [0.15, 0.2) is 5.65 Å². The number of fused-ring (bicyclic) bond motifs is 1. The lowest BCUT2D eigenvalue weighted by Crippen LogP contribution is -2.43. The van der Waals surface area contributed by atoms with Gasteiger partial charge in [-0.3, -0.25) is 19.4 Å². The van der Waals surface area contributed by atoms with E-state index in [1.54, 1.807) is 22.7 Å². The molecule has 1 saturated heterocycles. The highest BCUT2D eigenvalue weighted by molar-refractivity contribution is 6.05. The summed E-state index contributed by atoms with van der Waals surface area (Å²) < 4.78 is 7.37. The Kier molecular flexibility index (Phi) is 4.71. The number of H-pyrrole nitrogens is 1. The molecule has 0 saturated carbocycles. The van der Waals surface area contributed by atoms with Gasteiger partial charge in [0.25, 0.3) is 11.5 Å². The summed E-state index contributed by atoms with van der Waals surface area (Å²) in [7, 11) is 1.72. The number of likely N-dealkylation sites (tertiary alicyclic amines) is 1. The van der Waals surface area contributed by atoms with Crippen molar-refractivity contribution in [1.29, 1.82) is 0 Å². The Morgan fingerprint density at radius 2 is 2.29 bits per heavy atom. The highest BCUT2D eigenvalue weighted by Gasteiger charge is 2.27. The molecule has 1 aliphatic heterocycles. The summed E-state index contributed by atoms with van der Waals surface area (Å²) in [6.07, 6.45) is 2.93. The Hall–Kier alpha value is -2.15. The molecule has 0 radical (unpaired) electrons. The molecule has 1 amide bonds. The zero-order valence-corrected chi connectivity index (χ0v) is 14.5. The molecular weight excluding hydrogens is 308 g/mol. The second-order valence-corrected chi connectivity index (χ2v) is 6.40. The van der Waals surface area contributed by atoms with Crippen LogP contribution in [0, 0.1) is 6.92 Å². The molecule has 1 fully saturated rings. The third-order valence-electron chi connectivity index (χ3n) is 4.40. The van der Waals surface area contributed by atoms with Gasteiger partial charge >= 0.3 is 0 Å². The van der Waals surface area contributed by atoms with Gasteiger partial charge in [-0.2, -0.15) is 0 Å². The third kappa shape index (κ3) is 3.08. The normalized spacial score (nSPS) is 18.3. The van der Waals surface area contributed by atoms with Crippen LogP contribution in [0.15, 0.2) is 10.9 Å². The van der Waals surface area contributed by atoms with Crippen LogP contribution in [0.5, 0.6) is 0 Å². The smallest absolute Gasteiger partial charge is 0.274 e. The van der Waals surface area contributed by atoms with Crippen molar-refractivity contribution in [3.8, 4) is 0 Å². The summed E-state index contributed by atoms with van der Waals surface area (Å²) in [4.78, 5) is 31.4. The number of amides is 1. The molecule has 3 heterocycles. The predicted octanol–water partition coefficient (Wildman–Crippen LogP) is 1.60. The number of carbonyl (C=O) groups is 1. The first-order valence-electron chi connectivity index (χ1n) is 8.48. The topological polar surface area (TPSA) is 80.2 Å². The molecule has 3 rings (SSSR count). The number of carbonyl (C=O) groups excluding carboxylic acids is 1. The number of pyridine rings is 1. The van der Waals surface area contributed by atoms with Gasteiger partial charge in [0.2, 0.25) is 0 Å². The van der Waals surface area contributed by atoms with Crippen LogP contribution < -0.4 is 5.56 Å². The summed E-state index contributed by atoms with van der Waals surface area (Å²) >= 11 is 0. The zero-order chi connectivity index (χ0) is 17.3. The third-order valence-corrected chi connectivity index (χ3v) is 4.40. The lowest BCUT2D eigenvalue weighted by atomic mass is 10.1. The Morgan fingerprint density at radius 3 is 3.04 bits per heavy atom. The molecule has 1 N–H and O–H groups in total. The lowest BCUT2D eigenvalue weighted by Gasteiger charge is -2.32. The summed E-state index contributed by atoms with van der Waals surface area (Å²) in [6.45, 7) is 5.88. The van der Waals surface area contributed by atoms with Crippen LogP contribution in [0.25, 0.3) is 11.0 Å². The van der Waals surface area contributed by atoms with Crippen LogP contribution >= 0.6 is 0 Å². The number of aromatic amines is 1. The van der Waals surface area contributed by atoms with Gasteiger partial charge in [-0.1, -0.05) is 6.92 Å². The van der Waals surface area contributed by atoms with Crippen LogP contribution in [0.4, 0.5) is 0 Å². The fourth-order valence-corrected chi connectivity index (χ4v) is 3.27. The van der Waals surface area contributed by atoms with Crippen molar-refractivity contribution < 1.29 is 9.53 Å². The van der Waals surface area contributed by atoms with Crippen LogP contribution in [-0.4, -0.2) is 51.4 Å². The number of ether oxygens (including phenoxy) is 1. The minimum Gasteiger partial charge on any atom is -0.376 e. The number of rotatable bonds is 4. The van der Waals surface area contributed by atoms with Crippen molar-refractivity contribution in [3.63, 3.8) is 0 Å². The van der Waals surface area contributed by atoms with E-state index >= 15 is 0 Å². The number of aromatic nitrogens is 3. The average Bonchev–Trinajstić information content (AvgIpc) is 2.86. The van der Waals surface area contributed by atoms with Crippen molar-refractivity contribution in [2.24, 2.45) is 7.05 Å². The van der Waals surface area contributed by atoms with E-state index in [1.165, 1.54) is 0 Å². The molecule has 0 spiro atoms. The van der Waals surface area contributed by atoms with Gasteiger partial charge in [0.1, 0.15) is 0 Å². The van der Waals surface area contributed by atoms with Crippen LogP contribution in [0.2, 0.25) is 0 Å². The van der Waals surface area contributed by atoms with Crippen molar-refractivity contribution >= 4 is 16.9 Å². The van der Waals surface area contributed by atoms with Gasteiger partial charge in [0.05, 0.1) is 17.1 Å². The van der Waals surface area contributed by atoms with E-state index in [-0.39, 0.29) is 17.6 Å².